The molecule has 2 nitrogen and oxygen atoms in total. The fourth-order valence-corrected chi connectivity index (χ4v) is 1.23. The highest BCUT2D eigenvalue weighted by atomic mass is 16.5. The number of allylic oxidation sites excluding steroid dienone is 1. The topological polar surface area (TPSA) is 21.3 Å². The summed E-state index contributed by atoms with van der Waals surface area (Å²) in [7, 11) is 1.73. The zero-order valence-corrected chi connectivity index (χ0v) is 8.47. The van der Waals surface area contributed by atoms with Gasteiger partial charge in [0.1, 0.15) is 0 Å². The average Bonchev–Trinajstić information content (AvgIpc) is 2.01. The van der Waals surface area contributed by atoms with Gasteiger partial charge in [-0.25, -0.2) is 0 Å². The van der Waals surface area contributed by atoms with E-state index in [1.807, 2.05) is 6.08 Å². The van der Waals surface area contributed by atoms with Crippen LogP contribution in [0.1, 0.15) is 26.7 Å². The zero-order chi connectivity index (χ0) is 9.40. The number of methoxy groups -OCH3 is 1. The van der Waals surface area contributed by atoms with E-state index in [1.165, 1.54) is 0 Å². The molecule has 2 unspecified atom stereocenters. The van der Waals surface area contributed by atoms with Crippen LogP contribution in [0.2, 0.25) is 0 Å². The van der Waals surface area contributed by atoms with Crippen LogP contribution in [0.15, 0.2) is 12.7 Å². The molecule has 0 aliphatic rings. The Bertz CT molecular complexity index is 114. The van der Waals surface area contributed by atoms with Crippen LogP contribution in [0.4, 0.5) is 0 Å². The fraction of sp³-hybridized carbons (Fsp3) is 0.800. The first-order valence-corrected chi connectivity index (χ1v) is 4.56. The molecule has 0 spiro atoms. The summed E-state index contributed by atoms with van der Waals surface area (Å²) in [4.78, 5) is 0. The highest BCUT2D eigenvalue weighted by molar-refractivity contribution is 4.73. The molecular weight excluding hydrogens is 150 g/mol. The molecule has 0 saturated carbocycles. The van der Waals surface area contributed by atoms with Gasteiger partial charge in [0.05, 0.1) is 6.61 Å². The number of hydrogen-bond donors (Lipinski definition) is 1. The van der Waals surface area contributed by atoms with E-state index in [-0.39, 0.29) is 0 Å². The summed E-state index contributed by atoms with van der Waals surface area (Å²) >= 11 is 0. The van der Waals surface area contributed by atoms with Gasteiger partial charge in [0.15, 0.2) is 0 Å². The number of hydrogen-bond acceptors (Lipinski definition) is 2. The van der Waals surface area contributed by atoms with E-state index < -0.39 is 0 Å². The first-order valence-electron chi connectivity index (χ1n) is 4.56. The fourth-order valence-electron chi connectivity index (χ4n) is 1.23. The quantitative estimate of drug-likeness (QED) is 0.591. The number of rotatable bonds is 7. The Morgan fingerprint density at radius 1 is 1.42 bits per heavy atom. The predicted octanol–water partition coefficient (Wildman–Crippen LogP) is 1.97. The smallest absolute Gasteiger partial charge is 0.0613 e. The first kappa shape index (κ1) is 11.7. The van der Waals surface area contributed by atoms with Crippen molar-refractivity contribution in [2.45, 2.75) is 38.8 Å². The van der Waals surface area contributed by atoms with Crippen LogP contribution < -0.4 is 5.32 Å². The second-order valence-corrected chi connectivity index (χ2v) is 3.29. The van der Waals surface area contributed by atoms with Crippen LogP contribution in [-0.2, 0) is 4.74 Å². The van der Waals surface area contributed by atoms with Crippen molar-refractivity contribution in [3.8, 4) is 0 Å². The number of ether oxygens (including phenoxy) is 1. The summed E-state index contributed by atoms with van der Waals surface area (Å²) in [6.07, 6.45) is 4.19. The van der Waals surface area contributed by atoms with Crippen LogP contribution in [0.25, 0.3) is 0 Å². The zero-order valence-electron chi connectivity index (χ0n) is 8.47. The lowest BCUT2D eigenvalue weighted by Crippen LogP contribution is -2.37. The normalized spacial score (nSPS) is 15.6. The molecule has 1 N–H and O–H groups in total. The van der Waals surface area contributed by atoms with Gasteiger partial charge in [0, 0.05) is 19.2 Å². The van der Waals surface area contributed by atoms with Gasteiger partial charge in [-0.2, -0.15) is 0 Å². The molecule has 0 bridgehead atoms. The predicted molar refractivity (Wildman–Crippen MR) is 53.4 cm³/mol. The van der Waals surface area contributed by atoms with Gasteiger partial charge in [-0.05, 0) is 26.7 Å². The van der Waals surface area contributed by atoms with Gasteiger partial charge in [-0.15, -0.1) is 6.58 Å². The minimum Gasteiger partial charge on any atom is -0.383 e. The van der Waals surface area contributed by atoms with Gasteiger partial charge >= 0.3 is 0 Å². The van der Waals surface area contributed by atoms with Crippen LogP contribution in [0.5, 0.6) is 0 Å². The highest BCUT2D eigenvalue weighted by Gasteiger charge is 2.05. The molecule has 0 aliphatic carbocycles. The Labute approximate surface area is 76.0 Å². The van der Waals surface area contributed by atoms with Crippen LogP contribution >= 0.6 is 0 Å². The van der Waals surface area contributed by atoms with Gasteiger partial charge in [-0.1, -0.05) is 6.08 Å². The van der Waals surface area contributed by atoms with Crippen LogP contribution in [0.3, 0.4) is 0 Å². The molecule has 0 aliphatic heterocycles. The standard InChI is InChI=1S/C10H21NO/c1-5-6-7-9(2)11-10(3)8-12-4/h5,9-11H,1,6-8H2,2-4H3. The molecule has 2 heteroatoms. The van der Waals surface area contributed by atoms with E-state index in [9.17, 15) is 0 Å². The maximum absolute atomic E-state index is 5.03. The molecule has 0 rings (SSSR count). The Kier molecular flexibility index (Phi) is 7.11. The molecule has 0 amide bonds. The average molecular weight is 171 g/mol. The molecule has 0 heterocycles. The Balaban J connectivity index is 3.39. The lowest BCUT2D eigenvalue weighted by molar-refractivity contribution is 0.167. The summed E-state index contributed by atoms with van der Waals surface area (Å²) in [5.41, 5.74) is 0. The maximum atomic E-state index is 5.03. The highest BCUT2D eigenvalue weighted by Crippen LogP contribution is 1.98. The molecular formula is C10H21NO. The molecule has 72 valence electrons. The lowest BCUT2D eigenvalue weighted by Gasteiger charge is -2.18. The second kappa shape index (κ2) is 7.32. The third kappa shape index (κ3) is 6.38. The summed E-state index contributed by atoms with van der Waals surface area (Å²) in [6.45, 7) is 8.79. The molecule has 12 heavy (non-hydrogen) atoms. The van der Waals surface area contributed by atoms with Gasteiger partial charge < -0.3 is 10.1 Å². The van der Waals surface area contributed by atoms with Crippen molar-refractivity contribution in [2.75, 3.05) is 13.7 Å². The SMILES string of the molecule is C=CCCC(C)NC(C)COC. The van der Waals surface area contributed by atoms with Gasteiger partial charge in [-0.3, -0.25) is 0 Å². The minimum absolute atomic E-state index is 0.440. The van der Waals surface area contributed by atoms with Crippen molar-refractivity contribution in [1.29, 1.82) is 0 Å². The Morgan fingerprint density at radius 2 is 2.08 bits per heavy atom. The molecule has 0 aromatic carbocycles. The molecule has 0 aromatic heterocycles. The minimum atomic E-state index is 0.440. The molecule has 0 fully saturated rings. The van der Waals surface area contributed by atoms with E-state index in [1.54, 1.807) is 7.11 Å². The van der Waals surface area contributed by atoms with Crippen LogP contribution in [-0.4, -0.2) is 25.8 Å². The van der Waals surface area contributed by atoms with E-state index >= 15 is 0 Å². The van der Waals surface area contributed by atoms with Crippen molar-refractivity contribution in [1.82, 2.24) is 5.32 Å². The molecule has 0 radical (unpaired) electrons. The Hall–Kier alpha value is -0.340. The van der Waals surface area contributed by atoms with Crippen molar-refractivity contribution in [3.63, 3.8) is 0 Å². The summed E-state index contributed by atoms with van der Waals surface area (Å²) < 4.78 is 5.03. The maximum Gasteiger partial charge on any atom is 0.0613 e. The number of nitrogens with one attached hydrogen (secondary N) is 1. The second-order valence-electron chi connectivity index (χ2n) is 3.29. The monoisotopic (exact) mass is 171 g/mol. The van der Waals surface area contributed by atoms with Crippen molar-refractivity contribution >= 4 is 0 Å². The molecule has 2 atom stereocenters. The molecule has 0 saturated heterocycles. The largest absolute Gasteiger partial charge is 0.383 e. The third-order valence-electron chi connectivity index (χ3n) is 1.79. The van der Waals surface area contributed by atoms with E-state index in [0.29, 0.717) is 12.1 Å². The summed E-state index contributed by atoms with van der Waals surface area (Å²) in [5.74, 6) is 0. The third-order valence-corrected chi connectivity index (χ3v) is 1.79. The lowest BCUT2D eigenvalue weighted by atomic mass is 10.1. The summed E-state index contributed by atoms with van der Waals surface area (Å²) in [5, 5.41) is 3.44. The first-order chi connectivity index (χ1) is 5.70. The Morgan fingerprint density at radius 3 is 2.58 bits per heavy atom. The van der Waals surface area contributed by atoms with Crippen molar-refractivity contribution in [2.24, 2.45) is 0 Å². The van der Waals surface area contributed by atoms with Crippen molar-refractivity contribution < 1.29 is 4.74 Å². The van der Waals surface area contributed by atoms with Crippen molar-refractivity contribution in [3.05, 3.63) is 12.7 Å². The van der Waals surface area contributed by atoms with E-state index in [2.05, 4.69) is 25.7 Å². The van der Waals surface area contributed by atoms with E-state index in [4.69, 9.17) is 4.74 Å². The van der Waals surface area contributed by atoms with Crippen LogP contribution in [0, 0.1) is 0 Å². The van der Waals surface area contributed by atoms with E-state index in [0.717, 1.165) is 19.4 Å². The van der Waals surface area contributed by atoms with Gasteiger partial charge in [0.2, 0.25) is 0 Å². The summed E-state index contributed by atoms with van der Waals surface area (Å²) in [6, 6.07) is 0.989. The van der Waals surface area contributed by atoms with Gasteiger partial charge in [0.25, 0.3) is 0 Å². The molecule has 0 aromatic rings.